The lowest BCUT2D eigenvalue weighted by molar-refractivity contribution is -0.179. The van der Waals surface area contributed by atoms with E-state index in [1.165, 1.54) is 7.11 Å². The van der Waals surface area contributed by atoms with Gasteiger partial charge in [-0.2, -0.15) is 5.06 Å². The average Bonchev–Trinajstić information content (AvgIpc) is 2.81. The van der Waals surface area contributed by atoms with Crippen LogP contribution < -0.4 is 5.32 Å². The van der Waals surface area contributed by atoms with Crippen molar-refractivity contribution in [3.63, 3.8) is 0 Å². The second-order valence-electron chi connectivity index (χ2n) is 3.50. The zero-order valence-electron chi connectivity index (χ0n) is 13.1. The van der Waals surface area contributed by atoms with Gasteiger partial charge in [0.1, 0.15) is 0 Å². The van der Waals surface area contributed by atoms with Crippen molar-refractivity contribution in [2.75, 3.05) is 7.11 Å². The molecule has 21 heavy (non-hydrogen) atoms. The van der Waals surface area contributed by atoms with Gasteiger partial charge in [0.05, 0.1) is 7.11 Å². The Balaban J connectivity index is 0. The van der Waals surface area contributed by atoms with Gasteiger partial charge >= 0.3 is 0 Å². The van der Waals surface area contributed by atoms with Crippen LogP contribution in [0.2, 0.25) is 0 Å². The summed E-state index contributed by atoms with van der Waals surface area (Å²) in [5, 5.41) is 3.29. The van der Waals surface area contributed by atoms with Gasteiger partial charge in [-0.15, -0.1) is 0 Å². The van der Waals surface area contributed by atoms with E-state index in [1.54, 1.807) is 24.3 Å². The second-order valence-corrected chi connectivity index (χ2v) is 3.50. The fraction of sp³-hybridized carbons (Fsp3) is 0.400. The van der Waals surface area contributed by atoms with Gasteiger partial charge < -0.3 is 5.32 Å². The van der Waals surface area contributed by atoms with E-state index in [0.29, 0.717) is 6.41 Å². The Morgan fingerprint density at radius 1 is 1.24 bits per heavy atom. The standard InChI is InChI=1S/C8H11NO.C5H7NO3.C2H6/c1-3-4-5-6-8(2)9-7-10;1-9-6-4(7)2-3-5(6)8;1-2/h3-7H,1H2,2H3,(H,9,10);2-3H2,1H3;1-2H3/b5-4-,8-6+;;. The Morgan fingerprint density at radius 2 is 1.76 bits per heavy atom. The highest BCUT2D eigenvalue weighted by molar-refractivity contribution is 6.00. The van der Waals surface area contributed by atoms with Crippen LogP contribution in [0, 0.1) is 0 Å². The molecule has 1 fully saturated rings. The third-order valence-corrected chi connectivity index (χ3v) is 2.07. The van der Waals surface area contributed by atoms with Crippen LogP contribution in [0.1, 0.15) is 33.6 Å². The van der Waals surface area contributed by atoms with Crippen molar-refractivity contribution in [3.8, 4) is 0 Å². The molecule has 6 heteroatoms. The molecule has 0 aromatic carbocycles. The van der Waals surface area contributed by atoms with Crippen LogP contribution in [0.5, 0.6) is 0 Å². The normalized spacial score (nSPS) is 14.1. The minimum absolute atomic E-state index is 0.248. The molecule has 0 aromatic heterocycles. The Labute approximate surface area is 126 Å². The average molecular weight is 296 g/mol. The molecule has 1 heterocycles. The molecule has 1 aliphatic heterocycles. The summed E-state index contributed by atoms with van der Waals surface area (Å²) in [6.07, 6.45) is 8.27. The molecule has 0 atom stereocenters. The van der Waals surface area contributed by atoms with E-state index in [4.69, 9.17) is 0 Å². The molecule has 0 radical (unpaired) electrons. The van der Waals surface area contributed by atoms with Gasteiger partial charge in [-0.1, -0.05) is 38.7 Å². The molecular weight excluding hydrogens is 272 g/mol. The van der Waals surface area contributed by atoms with Crippen LogP contribution in [0.4, 0.5) is 0 Å². The number of rotatable bonds is 5. The molecule has 6 nitrogen and oxygen atoms in total. The number of nitrogens with one attached hydrogen (secondary N) is 1. The second kappa shape index (κ2) is 14.2. The number of carbonyl (C=O) groups excluding carboxylic acids is 3. The van der Waals surface area contributed by atoms with E-state index in [1.807, 2.05) is 20.8 Å². The molecular formula is C15H24N2O4. The fourth-order valence-electron chi connectivity index (χ4n) is 1.18. The Bertz CT molecular complexity index is 384. The largest absolute Gasteiger partial charge is 0.333 e. The number of hydrogen-bond donors (Lipinski definition) is 1. The number of hydrogen-bond acceptors (Lipinski definition) is 4. The molecule has 3 amide bonds. The first-order valence-electron chi connectivity index (χ1n) is 6.62. The van der Waals surface area contributed by atoms with Gasteiger partial charge in [0.15, 0.2) is 0 Å². The first-order chi connectivity index (χ1) is 10.1. The predicted molar refractivity (Wildman–Crippen MR) is 81.7 cm³/mol. The summed E-state index contributed by atoms with van der Waals surface area (Å²) in [7, 11) is 1.31. The number of carbonyl (C=O) groups is 3. The molecule has 1 aliphatic rings. The summed E-state index contributed by atoms with van der Waals surface area (Å²) in [6.45, 7) is 9.30. The van der Waals surface area contributed by atoms with Crippen LogP contribution in [-0.4, -0.2) is 30.4 Å². The Kier molecular flexibility index (Phi) is 14.3. The number of amides is 3. The van der Waals surface area contributed by atoms with Crippen LogP contribution >= 0.6 is 0 Å². The third kappa shape index (κ3) is 10.3. The van der Waals surface area contributed by atoms with Gasteiger partial charge in [-0.25, -0.2) is 0 Å². The molecule has 0 spiro atoms. The van der Waals surface area contributed by atoms with Crippen molar-refractivity contribution in [3.05, 3.63) is 36.6 Å². The number of imide groups is 1. The number of nitrogens with zero attached hydrogens (tertiary/aromatic N) is 1. The summed E-state index contributed by atoms with van der Waals surface area (Å²) in [4.78, 5) is 35.5. The lowest BCUT2D eigenvalue weighted by atomic mass is 10.4. The van der Waals surface area contributed by atoms with E-state index >= 15 is 0 Å². The summed E-state index contributed by atoms with van der Waals surface area (Å²) >= 11 is 0. The van der Waals surface area contributed by atoms with Gasteiger partial charge in [0, 0.05) is 18.5 Å². The minimum atomic E-state index is -0.248. The zero-order chi connectivity index (χ0) is 16.7. The molecule has 0 aliphatic carbocycles. The SMILES string of the molecule is C=C/C=C\C=C(/C)NC=O.CC.CON1C(=O)CCC1=O. The maximum absolute atomic E-state index is 10.6. The summed E-state index contributed by atoms with van der Waals surface area (Å²) < 4.78 is 0. The summed E-state index contributed by atoms with van der Waals surface area (Å²) in [5.41, 5.74) is 0.813. The van der Waals surface area contributed by atoms with Crippen molar-refractivity contribution in [2.45, 2.75) is 33.6 Å². The van der Waals surface area contributed by atoms with Crippen molar-refractivity contribution in [1.82, 2.24) is 10.4 Å². The van der Waals surface area contributed by atoms with Crippen molar-refractivity contribution < 1.29 is 19.2 Å². The van der Waals surface area contributed by atoms with E-state index in [0.717, 1.165) is 10.8 Å². The summed E-state index contributed by atoms with van der Waals surface area (Å²) in [6, 6.07) is 0. The van der Waals surface area contributed by atoms with E-state index in [2.05, 4.69) is 16.7 Å². The minimum Gasteiger partial charge on any atom is -0.333 e. The maximum atomic E-state index is 10.6. The van der Waals surface area contributed by atoms with Crippen LogP contribution in [0.25, 0.3) is 0 Å². The highest BCUT2D eigenvalue weighted by atomic mass is 16.7. The molecule has 1 saturated heterocycles. The maximum Gasteiger partial charge on any atom is 0.253 e. The fourth-order valence-corrected chi connectivity index (χ4v) is 1.18. The third-order valence-electron chi connectivity index (χ3n) is 2.07. The zero-order valence-corrected chi connectivity index (χ0v) is 13.1. The number of hydroxylamine groups is 2. The van der Waals surface area contributed by atoms with E-state index < -0.39 is 0 Å². The molecule has 0 bridgehead atoms. The van der Waals surface area contributed by atoms with Gasteiger partial charge in [-0.05, 0) is 13.0 Å². The predicted octanol–water partition coefficient (Wildman–Crippen LogP) is 2.10. The Morgan fingerprint density at radius 3 is 2.10 bits per heavy atom. The lowest BCUT2D eigenvalue weighted by Gasteiger charge is -2.07. The van der Waals surface area contributed by atoms with Gasteiger partial charge in [0.25, 0.3) is 11.8 Å². The molecule has 0 saturated carbocycles. The quantitative estimate of drug-likeness (QED) is 0.479. The molecule has 1 N–H and O–H groups in total. The van der Waals surface area contributed by atoms with Crippen molar-refractivity contribution in [2.24, 2.45) is 0 Å². The summed E-state index contributed by atoms with van der Waals surface area (Å²) in [5.74, 6) is -0.495. The van der Waals surface area contributed by atoms with Crippen molar-refractivity contribution >= 4 is 18.2 Å². The topological polar surface area (TPSA) is 75.7 Å². The highest BCUT2D eigenvalue weighted by Crippen LogP contribution is 2.10. The first-order valence-corrected chi connectivity index (χ1v) is 6.62. The van der Waals surface area contributed by atoms with Crippen LogP contribution in [-0.2, 0) is 19.2 Å². The van der Waals surface area contributed by atoms with Crippen LogP contribution in [0.3, 0.4) is 0 Å². The number of allylic oxidation sites excluding steroid dienone is 5. The first kappa shape index (κ1) is 21.1. The monoisotopic (exact) mass is 296 g/mol. The highest BCUT2D eigenvalue weighted by Gasteiger charge is 2.28. The van der Waals surface area contributed by atoms with Gasteiger partial charge in [0.2, 0.25) is 6.41 Å². The van der Waals surface area contributed by atoms with Crippen molar-refractivity contribution in [1.29, 1.82) is 0 Å². The van der Waals surface area contributed by atoms with Crippen LogP contribution in [0.15, 0.2) is 36.6 Å². The van der Waals surface area contributed by atoms with Gasteiger partial charge in [-0.3, -0.25) is 19.2 Å². The molecule has 118 valence electrons. The molecule has 0 unspecified atom stereocenters. The lowest BCUT2D eigenvalue weighted by Crippen LogP contribution is -2.27. The molecule has 0 aromatic rings. The molecule has 1 rings (SSSR count). The van der Waals surface area contributed by atoms with E-state index in [-0.39, 0.29) is 24.7 Å². The smallest absolute Gasteiger partial charge is 0.253 e. The Hall–Kier alpha value is -2.21. The van der Waals surface area contributed by atoms with E-state index in [9.17, 15) is 14.4 Å².